The Bertz CT molecular complexity index is 473. The first kappa shape index (κ1) is 15.7. The fraction of sp³-hybridized carbons (Fsp3) is 0.467. The van der Waals surface area contributed by atoms with Gasteiger partial charge < -0.3 is 5.32 Å². The summed E-state index contributed by atoms with van der Waals surface area (Å²) in [6, 6.07) is 9.63. The molecule has 0 atom stereocenters. The van der Waals surface area contributed by atoms with Crippen molar-refractivity contribution in [2.45, 2.75) is 39.5 Å². The molecule has 0 aliphatic rings. The molecule has 1 amide bonds. The van der Waals surface area contributed by atoms with Gasteiger partial charge in [-0.15, -0.1) is 0 Å². The highest BCUT2D eigenvalue weighted by atomic mass is 79.9. The maximum absolute atomic E-state index is 12.4. The number of benzene rings is 1. The van der Waals surface area contributed by atoms with Crippen molar-refractivity contribution < 1.29 is 4.79 Å². The Morgan fingerprint density at radius 3 is 2.47 bits per heavy atom. The molecule has 0 aliphatic heterocycles. The van der Waals surface area contributed by atoms with Gasteiger partial charge in [0.1, 0.15) is 5.41 Å². The third-order valence-electron chi connectivity index (χ3n) is 3.08. The van der Waals surface area contributed by atoms with Gasteiger partial charge in [-0.1, -0.05) is 48.7 Å². The summed E-state index contributed by atoms with van der Waals surface area (Å²) in [5, 5.41) is 12.3. The number of amides is 1. The van der Waals surface area contributed by atoms with Crippen LogP contribution in [0.5, 0.6) is 0 Å². The van der Waals surface area contributed by atoms with E-state index in [9.17, 15) is 10.1 Å². The maximum atomic E-state index is 12.4. The van der Waals surface area contributed by atoms with E-state index in [1.807, 2.05) is 38.1 Å². The molecular weight excluding hydrogens is 304 g/mol. The first-order valence-corrected chi connectivity index (χ1v) is 7.35. The number of hydrogen-bond acceptors (Lipinski definition) is 2. The Kier molecular flexibility index (Phi) is 6.04. The quantitative estimate of drug-likeness (QED) is 0.838. The van der Waals surface area contributed by atoms with Crippen LogP contribution in [0, 0.1) is 16.7 Å². The third-order valence-corrected chi connectivity index (χ3v) is 3.58. The van der Waals surface area contributed by atoms with E-state index in [2.05, 4.69) is 27.3 Å². The zero-order chi connectivity index (χ0) is 14.3. The number of rotatable bonds is 6. The van der Waals surface area contributed by atoms with Crippen molar-refractivity contribution in [3.05, 3.63) is 28.7 Å². The molecule has 0 unspecified atom stereocenters. The Morgan fingerprint density at radius 1 is 1.37 bits per heavy atom. The summed E-state index contributed by atoms with van der Waals surface area (Å²) >= 11 is 3.36. The average molecular weight is 323 g/mol. The van der Waals surface area contributed by atoms with Gasteiger partial charge in [0.25, 0.3) is 0 Å². The zero-order valence-corrected chi connectivity index (χ0v) is 13.0. The van der Waals surface area contributed by atoms with E-state index in [1.165, 1.54) is 0 Å². The lowest BCUT2D eigenvalue weighted by atomic mass is 9.79. The Labute approximate surface area is 123 Å². The van der Waals surface area contributed by atoms with Crippen molar-refractivity contribution in [2.75, 3.05) is 5.32 Å². The van der Waals surface area contributed by atoms with Crippen molar-refractivity contribution in [2.24, 2.45) is 5.41 Å². The van der Waals surface area contributed by atoms with Crippen LogP contribution >= 0.6 is 15.9 Å². The van der Waals surface area contributed by atoms with Crippen molar-refractivity contribution >= 4 is 27.5 Å². The molecular formula is C15H19BrN2O. The predicted molar refractivity (Wildman–Crippen MR) is 80.6 cm³/mol. The van der Waals surface area contributed by atoms with Crippen molar-refractivity contribution in [1.82, 2.24) is 0 Å². The van der Waals surface area contributed by atoms with E-state index in [0.29, 0.717) is 18.5 Å². The second-order valence-electron chi connectivity index (χ2n) is 4.66. The third kappa shape index (κ3) is 4.07. The summed E-state index contributed by atoms with van der Waals surface area (Å²) in [7, 11) is 0. The molecule has 0 aliphatic carbocycles. The summed E-state index contributed by atoms with van der Waals surface area (Å²) in [5.41, 5.74) is -0.197. The van der Waals surface area contributed by atoms with Crippen LogP contribution in [0.4, 0.5) is 5.69 Å². The fourth-order valence-electron chi connectivity index (χ4n) is 2.19. The Morgan fingerprint density at radius 2 is 2.00 bits per heavy atom. The highest BCUT2D eigenvalue weighted by molar-refractivity contribution is 9.10. The number of nitriles is 1. The smallest absolute Gasteiger partial charge is 0.244 e. The molecule has 1 aromatic rings. The Balaban J connectivity index is 2.91. The molecule has 19 heavy (non-hydrogen) atoms. The number of anilines is 1. The molecule has 0 fully saturated rings. The number of carbonyl (C=O) groups is 1. The molecule has 0 aromatic heterocycles. The highest BCUT2D eigenvalue weighted by Gasteiger charge is 2.36. The van der Waals surface area contributed by atoms with Crippen LogP contribution in [0.3, 0.4) is 0 Å². The lowest BCUT2D eigenvalue weighted by molar-refractivity contribution is -0.123. The van der Waals surface area contributed by atoms with E-state index in [4.69, 9.17) is 0 Å². The summed E-state index contributed by atoms with van der Waals surface area (Å²) in [4.78, 5) is 12.4. The monoisotopic (exact) mass is 322 g/mol. The van der Waals surface area contributed by atoms with E-state index < -0.39 is 5.41 Å². The topological polar surface area (TPSA) is 52.9 Å². The lowest BCUT2D eigenvalue weighted by Crippen LogP contribution is -2.35. The van der Waals surface area contributed by atoms with E-state index in [0.717, 1.165) is 17.3 Å². The van der Waals surface area contributed by atoms with E-state index in [-0.39, 0.29) is 5.91 Å². The molecule has 1 rings (SSSR count). The van der Waals surface area contributed by atoms with Gasteiger partial charge in [-0.05, 0) is 31.0 Å². The van der Waals surface area contributed by atoms with E-state index in [1.54, 1.807) is 0 Å². The number of hydrogen-bond donors (Lipinski definition) is 1. The summed E-state index contributed by atoms with van der Waals surface area (Å²) < 4.78 is 0.902. The number of nitrogens with one attached hydrogen (secondary N) is 1. The second kappa shape index (κ2) is 7.30. The van der Waals surface area contributed by atoms with Crippen LogP contribution in [0.25, 0.3) is 0 Å². The first-order valence-electron chi connectivity index (χ1n) is 6.56. The SMILES string of the molecule is CCCC(C#N)(CCC)C(=O)Nc1cccc(Br)c1. The molecule has 1 N–H and O–H groups in total. The number of carbonyl (C=O) groups excluding carboxylic acids is 1. The van der Waals surface area contributed by atoms with Gasteiger partial charge in [-0.2, -0.15) is 5.26 Å². The van der Waals surface area contributed by atoms with Gasteiger partial charge >= 0.3 is 0 Å². The molecule has 102 valence electrons. The van der Waals surface area contributed by atoms with Crippen molar-refractivity contribution in [1.29, 1.82) is 5.26 Å². The maximum Gasteiger partial charge on any atom is 0.244 e. The molecule has 0 saturated carbocycles. The lowest BCUT2D eigenvalue weighted by Gasteiger charge is -2.24. The van der Waals surface area contributed by atoms with Crippen LogP contribution in [0.1, 0.15) is 39.5 Å². The highest BCUT2D eigenvalue weighted by Crippen LogP contribution is 2.31. The molecule has 3 nitrogen and oxygen atoms in total. The number of halogens is 1. The van der Waals surface area contributed by atoms with Crippen LogP contribution < -0.4 is 5.32 Å². The van der Waals surface area contributed by atoms with Crippen LogP contribution in [-0.4, -0.2) is 5.91 Å². The molecule has 0 radical (unpaired) electrons. The first-order chi connectivity index (χ1) is 9.07. The van der Waals surface area contributed by atoms with Gasteiger partial charge in [-0.25, -0.2) is 0 Å². The van der Waals surface area contributed by atoms with Crippen LogP contribution in [0.2, 0.25) is 0 Å². The second-order valence-corrected chi connectivity index (χ2v) is 5.57. The van der Waals surface area contributed by atoms with Gasteiger partial charge in [0, 0.05) is 10.2 Å². The molecule has 0 heterocycles. The molecule has 1 aromatic carbocycles. The fourth-order valence-corrected chi connectivity index (χ4v) is 2.58. The van der Waals surface area contributed by atoms with Crippen molar-refractivity contribution in [3.63, 3.8) is 0 Å². The standard InChI is InChI=1S/C15H19BrN2O/c1-3-8-15(11-17,9-4-2)14(19)18-13-7-5-6-12(16)10-13/h5-7,10H,3-4,8-9H2,1-2H3,(H,18,19). The van der Waals surface area contributed by atoms with Gasteiger partial charge in [-0.3, -0.25) is 4.79 Å². The normalized spacial score (nSPS) is 10.8. The van der Waals surface area contributed by atoms with Gasteiger partial charge in [0.05, 0.1) is 6.07 Å². The van der Waals surface area contributed by atoms with Crippen molar-refractivity contribution in [3.8, 4) is 6.07 Å². The largest absolute Gasteiger partial charge is 0.325 e. The Hall–Kier alpha value is -1.34. The number of nitrogens with zero attached hydrogens (tertiary/aromatic N) is 1. The predicted octanol–water partition coefficient (Wildman–Crippen LogP) is 4.50. The van der Waals surface area contributed by atoms with Gasteiger partial charge in [0.2, 0.25) is 5.91 Å². The molecule has 0 bridgehead atoms. The zero-order valence-electron chi connectivity index (χ0n) is 11.4. The summed E-state index contributed by atoms with van der Waals surface area (Å²) in [6.07, 6.45) is 2.83. The van der Waals surface area contributed by atoms with Crippen LogP contribution in [0.15, 0.2) is 28.7 Å². The average Bonchev–Trinajstić information content (AvgIpc) is 2.38. The minimum absolute atomic E-state index is 0.197. The van der Waals surface area contributed by atoms with Crippen LogP contribution in [-0.2, 0) is 4.79 Å². The minimum Gasteiger partial charge on any atom is -0.325 e. The summed E-state index contributed by atoms with van der Waals surface area (Å²) in [6.45, 7) is 3.99. The van der Waals surface area contributed by atoms with E-state index >= 15 is 0 Å². The van der Waals surface area contributed by atoms with Gasteiger partial charge in [0.15, 0.2) is 0 Å². The molecule has 0 spiro atoms. The minimum atomic E-state index is -0.911. The molecule has 4 heteroatoms. The molecule has 0 saturated heterocycles. The summed E-state index contributed by atoms with van der Waals surface area (Å²) in [5.74, 6) is -0.197.